The number of hydrogen-bond acceptors (Lipinski definition) is 6. The van der Waals surface area contributed by atoms with E-state index in [1.807, 2.05) is 0 Å². The van der Waals surface area contributed by atoms with Crippen molar-refractivity contribution in [1.29, 1.82) is 0 Å². The molecular weight excluding hydrogens is 406 g/mol. The van der Waals surface area contributed by atoms with Gasteiger partial charge in [-0.15, -0.1) is 0 Å². The zero-order valence-electron chi connectivity index (χ0n) is 14.1. The lowest BCUT2D eigenvalue weighted by molar-refractivity contribution is -0.0511. The second-order valence-corrected chi connectivity index (χ2v) is 8.60. The Morgan fingerprint density at radius 3 is 1.93 bits per heavy atom. The van der Waals surface area contributed by atoms with Crippen molar-refractivity contribution in [1.82, 2.24) is 4.72 Å². The summed E-state index contributed by atoms with van der Waals surface area (Å²) in [6.07, 6.45) is 0. The summed E-state index contributed by atoms with van der Waals surface area (Å²) in [5.74, 6) is -0.344. The Balaban J connectivity index is 2.31. The Kier molecular flexibility index (Phi) is 6.23. The average molecular weight is 422 g/mol. The van der Waals surface area contributed by atoms with Gasteiger partial charge in [-0.2, -0.15) is 8.78 Å². The first-order valence-electron chi connectivity index (χ1n) is 7.28. The molecule has 0 heterocycles. The predicted molar refractivity (Wildman–Crippen MR) is 93.1 cm³/mol. The number of anilines is 1. The lowest BCUT2D eigenvalue weighted by Gasteiger charge is -2.13. The standard InChI is InChI=1S/C15H16F2N2O6S2/c1-18-26(20,21)11-4-6-12(7-5-11)27(22,23)19-10-3-8-13(24-2)14(9-10)25-15(16)17/h3-9,15,18-19H,1-2H3. The average Bonchev–Trinajstić information content (AvgIpc) is 2.61. The number of hydrogen-bond donors (Lipinski definition) is 2. The molecule has 8 nitrogen and oxygen atoms in total. The number of sulfonamides is 2. The Labute approximate surface area is 155 Å². The normalized spacial score (nSPS) is 12.0. The van der Waals surface area contributed by atoms with Crippen LogP contribution in [0.15, 0.2) is 52.3 Å². The van der Waals surface area contributed by atoms with Crippen molar-refractivity contribution in [2.75, 3.05) is 18.9 Å². The van der Waals surface area contributed by atoms with Crippen LogP contribution >= 0.6 is 0 Å². The van der Waals surface area contributed by atoms with Crippen molar-refractivity contribution in [3.63, 3.8) is 0 Å². The van der Waals surface area contributed by atoms with Crippen LogP contribution < -0.4 is 18.9 Å². The number of halogens is 2. The highest BCUT2D eigenvalue weighted by molar-refractivity contribution is 7.92. The molecule has 0 spiro atoms. The molecule has 2 rings (SSSR count). The minimum absolute atomic E-state index is 0.000117. The molecular formula is C15H16F2N2O6S2. The highest BCUT2D eigenvalue weighted by atomic mass is 32.2. The highest BCUT2D eigenvalue weighted by Gasteiger charge is 2.18. The molecule has 2 aromatic carbocycles. The Morgan fingerprint density at radius 1 is 0.889 bits per heavy atom. The van der Waals surface area contributed by atoms with E-state index in [2.05, 4.69) is 14.2 Å². The monoisotopic (exact) mass is 422 g/mol. The van der Waals surface area contributed by atoms with Crippen LogP contribution in [-0.2, 0) is 20.0 Å². The molecule has 0 fully saturated rings. The molecule has 0 saturated heterocycles. The van der Waals surface area contributed by atoms with Gasteiger partial charge in [-0.3, -0.25) is 4.72 Å². The number of alkyl halides is 2. The van der Waals surface area contributed by atoms with Gasteiger partial charge in [0.1, 0.15) is 0 Å². The Hall–Kier alpha value is -2.44. The van der Waals surface area contributed by atoms with Crippen LogP contribution in [0.3, 0.4) is 0 Å². The van der Waals surface area contributed by atoms with E-state index >= 15 is 0 Å². The zero-order valence-corrected chi connectivity index (χ0v) is 15.8. The molecule has 12 heteroatoms. The molecule has 0 bridgehead atoms. The van der Waals surface area contributed by atoms with Gasteiger partial charge in [-0.1, -0.05) is 0 Å². The smallest absolute Gasteiger partial charge is 0.387 e. The van der Waals surface area contributed by atoms with Crippen molar-refractivity contribution in [2.24, 2.45) is 0 Å². The van der Waals surface area contributed by atoms with Crippen LogP contribution in [0.1, 0.15) is 0 Å². The maximum atomic E-state index is 12.5. The number of nitrogens with one attached hydrogen (secondary N) is 2. The zero-order chi connectivity index (χ0) is 20.2. The third-order valence-electron chi connectivity index (χ3n) is 3.34. The van der Waals surface area contributed by atoms with E-state index in [0.29, 0.717) is 0 Å². The molecule has 2 N–H and O–H groups in total. The maximum absolute atomic E-state index is 12.5. The van der Waals surface area contributed by atoms with Gasteiger partial charge in [-0.05, 0) is 43.4 Å². The minimum Gasteiger partial charge on any atom is -0.493 e. The summed E-state index contributed by atoms with van der Waals surface area (Å²) in [5.41, 5.74) is -0.0432. The van der Waals surface area contributed by atoms with Crippen LogP contribution in [0.25, 0.3) is 0 Å². The number of rotatable bonds is 8. The van der Waals surface area contributed by atoms with Crippen LogP contribution in [-0.4, -0.2) is 37.6 Å². The molecule has 2 aromatic rings. The lowest BCUT2D eigenvalue weighted by atomic mass is 10.3. The first-order valence-corrected chi connectivity index (χ1v) is 10.2. The summed E-state index contributed by atoms with van der Waals surface area (Å²) in [6.45, 7) is -3.12. The predicted octanol–water partition coefficient (Wildman–Crippen LogP) is 2.01. The highest BCUT2D eigenvalue weighted by Crippen LogP contribution is 2.32. The van der Waals surface area contributed by atoms with Crippen molar-refractivity contribution < 1.29 is 35.1 Å². The maximum Gasteiger partial charge on any atom is 0.387 e. The van der Waals surface area contributed by atoms with E-state index in [1.54, 1.807) is 0 Å². The fraction of sp³-hybridized carbons (Fsp3) is 0.200. The molecule has 0 aliphatic carbocycles. The van der Waals surface area contributed by atoms with Gasteiger partial charge in [0.25, 0.3) is 10.0 Å². The number of ether oxygens (including phenoxy) is 2. The van der Waals surface area contributed by atoms with Gasteiger partial charge in [0, 0.05) is 6.07 Å². The molecule has 0 aliphatic heterocycles. The third kappa shape index (κ3) is 5.05. The second-order valence-electron chi connectivity index (χ2n) is 5.03. The van der Waals surface area contributed by atoms with Crippen LogP contribution in [0.2, 0.25) is 0 Å². The van der Waals surface area contributed by atoms with Crippen molar-refractivity contribution in [2.45, 2.75) is 16.4 Å². The largest absolute Gasteiger partial charge is 0.493 e. The fourth-order valence-corrected chi connectivity index (χ4v) is 3.84. The molecule has 0 aliphatic rings. The molecule has 0 radical (unpaired) electrons. The van der Waals surface area contributed by atoms with Gasteiger partial charge in [0.05, 0.1) is 22.6 Å². The second kappa shape index (κ2) is 8.06. The van der Waals surface area contributed by atoms with E-state index in [1.165, 1.54) is 26.3 Å². The van der Waals surface area contributed by atoms with E-state index in [4.69, 9.17) is 4.74 Å². The van der Waals surface area contributed by atoms with Crippen LogP contribution in [0.5, 0.6) is 11.5 Å². The van der Waals surface area contributed by atoms with Crippen molar-refractivity contribution >= 4 is 25.7 Å². The number of benzene rings is 2. The summed E-state index contributed by atoms with van der Waals surface area (Å²) >= 11 is 0. The molecule has 0 saturated carbocycles. The van der Waals surface area contributed by atoms with Gasteiger partial charge in [0.2, 0.25) is 10.0 Å². The van der Waals surface area contributed by atoms with Gasteiger partial charge in [-0.25, -0.2) is 21.6 Å². The summed E-state index contributed by atoms with van der Waals surface area (Å²) in [6, 6.07) is 8.06. The lowest BCUT2D eigenvalue weighted by Crippen LogP contribution is -2.19. The Morgan fingerprint density at radius 2 is 1.44 bits per heavy atom. The van der Waals surface area contributed by atoms with E-state index in [0.717, 1.165) is 30.3 Å². The van der Waals surface area contributed by atoms with Gasteiger partial charge >= 0.3 is 6.61 Å². The SMILES string of the molecule is CNS(=O)(=O)c1ccc(S(=O)(=O)Nc2ccc(OC)c(OC(F)F)c2)cc1. The molecule has 0 amide bonds. The van der Waals surface area contributed by atoms with Crippen LogP contribution in [0, 0.1) is 0 Å². The first kappa shape index (κ1) is 20.9. The molecule has 0 unspecified atom stereocenters. The summed E-state index contributed by atoms with van der Waals surface area (Å²) in [5, 5.41) is 0. The van der Waals surface area contributed by atoms with E-state index in [9.17, 15) is 25.6 Å². The molecule has 0 aromatic heterocycles. The minimum atomic E-state index is -4.10. The quantitative estimate of drug-likeness (QED) is 0.673. The topological polar surface area (TPSA) is 111 Å². The fourth-order valence-electron chi connectivity index (χ4n) is 2.06. The van der Waals surface area contributed by atoms with E-state index < -0.39 is 26.7 Å². The van der Waals surface area contributed by atoms with Crippen molar-refractivity contribution in [3.05, 3.63) is 42.5 Å². The van der Waals surface area contributed by atoms with Gasteiger partial charge < -0.3 is 9.47 Å². The number of methoxy groups -OCH3 is 1. The van der Waals surface area contributed by atoms with Crippen molar-refractivity contribution in [3.8, 4) is 11.5 Å². The summed E-state index contributed by atoms with van der Waals surface area (Å²) < 4.78 is 86.6. The van der Waals surface area contributed by atoms with Gasteiger partial charge in [0.15, 0.2) is 11.5 Å². The van der Waals surface area contributed by atoms with Crippen LogP contribution in [0.4, 0.5) is 14.5 Å². The molecule has 0 atom stereocenters. The Bertz CT molecular complexity index is 1010. The third-order valence-corrected chi connectivity index (χ3v) is 6.17. The summed E-state index contributed by atoms with van der Waals surface area (Å²) in [4.78, 5) is -0.328. The van der Waals surface area contributed by atoms with E-state index in [-0.39, 0.29) is 27.0 Å². The first-order chi connectivity index (χ1) is 12.6. The molecule has 27 heavy (non-hydrogen) atoms. The molecule has 148 valence electrons. The summed E-state index contributed by atoms with van der Waals surface area (Å²) in [7, 11) is -5.33.